The van der Waals surface area contributed by atoms with Crippen molar-refractivity contribution in [2.24, 2.45) is 5.92 Å². The largest absolute Gasteiger partial charge is 0.420 e. The number of hydrogen-bond acceptors (Lipinski definition) is 7. The lowest BCUT2D eigenvalue weighted by atomic mass is 9.94. The molecule has 5 rings (SSSR count). The van der Waals surface area contributed by atoms with Crippen LogP contribution < -0.4 is 5.32 Å². The van der Waals surface area contributed by atoms with Gasteiger partial charge in [0.25, 0.3) is 0 Å². The van der Waals surface area contributed by atoms with Crippen LogP contribution in [0.1, 0.15) is 57.4 Å². The van der Waals surface area contributed by atoms with Crippen molar-refractivity contribution in [3.63, 3.8) is 0 Å². The van der Waals surface area contributed by atoms with Crippen LogP contribution in [0.4, 0.5) is 11.5 Å². The van der Waals surface area contributed by atoms with Crippen molar-refractivity contribution in [2.75, 3.05) is 18.4 Å². The van der Waals surface area contributed by atoms with Crippen molar-refractivity contribution < 1.29 is 4.42 Å². The Morgan fingerprint density at radius 1 is 1.15 bits per heavy atom. The summed E-state index contributed by atoms with van der Waals surface area (Å²) in [5.74, 6) is 3.02. The zero-order valence-electron chi connectivity index (χ0n) is 19.5. The Balaban J connectivity index is 1.39. The van der Waals surface area contributed by atoms with E-state index in [4.69, 9.17) is 4.42 Å². The van der Waals surface area contributed by atoms with Crippen LogP contribution in [0.3, 0.4) is 0 Å². The fourth-order valence-corrected chi connectivity index (χ4v) is 4.48. The van der Waals surface area contributed by atoms with E-state index in [1.54, 1.807) is 6.33 Å². The zero-order valence-corrected chi connectivity index (χ0v) is 19.5. The van der Waals surface area contributed by atoms with Crippen LogP contribution in [0.2, 0.25) is 0 Å². The highest BCUT2D eigenvalue weighted by Crippen LogP contribution is 2.29. The maximum absolute atomic E-state index is 5.83. The summed E-state index contributed by atoms with van der Waals surface area (Å²) in [5, 5.41) is 16.3. The third-order valence-corrected chi connectivity index (χ3v) is 6.52. The van der Waals surface area contributed by atoms with E-state index in [9.17, 15) is 0 Å². The average molecular weight is 446 g/mol. The monoisotopic (exact) mass is 445 g/mol. The van der Waals surface area contributed by atoms with Gasteiger partial charge in [-0.25, -0.2) is 9.50 Å². The minimum Gasteiger partial charge on any atom is -0.420 e. The fourth-order valence-electron chi connectivity index (χ4n) is 4.48. The highest BCUT2D eigenvalue weighted by atomic mass is 16.4. The van der Waals surface area contributed by atoms with Gasteiger partial charge in [0.1, 0.15) is 11.8 Å². The fraction of sp³-hybridized carbons (Fsp3) is 0.440. The summed E-state index contributed by atoms with van der Waals surface area (Å²) in [6.07, 6.45) is 7.45. The Labute approximate surface area is 194 Å². The molecule has 8 heteroatoms. The second-order valence-electron chi connectivity index (χ2n) is 9.18. The SMILES string of the molecule is CCC1CCN(Cc2ccn3ncnc(Nc4cccc(-c5nnc(C(C)C)o5)c4)c23)CC1. The minimum atomic E-state index is 0.197. The van der Waals surface area contributed by atoms with E-state index in [0.29, 0.717) is 11.8 Å². The van der Waals surface area contributed by atoms with Crippen LogP contribution in [0, 0.1) is 5.92 Å². The van der Waals surface area contributed by atoms with Gasteiger partial charge in [0.05, 0.1) is 0 Å². The van der Waals surface area contributed by atoms with Gasteiger partial charge in [0, 0.05) is 29.9 Å². The molecule has 0 spiro atoms. The lowest BCUT2D eigenvalue weighted by molar-refractivity contribution is 0.175. The van der Waals surface area contributed by atoms with Crippen LogP contribution >= 0.6 is 0 Å². The Bertz CT molecular complexity index is 1220. The minimum absolute atomic E-state index is 0.197. The van der Waals surface area contributed by atoms with Gasteiger partial charge in [-0.2, -0.15) is 5.10 Å². The molecule has 0 aliphatic carbocycles. The number of anilines is 2. The van der Waals surface area contributed by atoms with Crippen LogP contribution in [0.15, 0.2) is 47.3 Å². The van der Waals surface area contributed by atoms with Gasteiger partial charge >= 0.3 is 0 Å². The maximum atomic E-state index is 5.83. The molecule has 0 unspecified atom stereocenters. The summed E-state index contributed by atoms with van der Waals surface area (Å²) in [4.78, 5) is 7.11. The predicted octanol–water partition coefficient (Wildman–Crippen LogP) is 5.27. The lowest BCUT2D eigenvalue weighted by Crippen LogP contribution is -2.33. The lowest BCUT2D eigenvalue weighted by Gasteiger charge is -2.31. The predicted molar refractivity (Wildman–Crippen MR) is 128 cm³/mol. The highest BCUT2D eigenvalue weighted by Gasteiger charge is 2.20. The molecule has 1 fully saturated rings. The van der Waals surface area contributed by atoms with Crippen molar-refractivity contribution in [3.8, 4) is 11.5 Å². The third kappa shape index (κ3) is 4.61. The van der Waals surface area contributed by atoms with Gasteiger partial charge < -0.3 is 9.73 Å². The van der Waals surface area contributed by atoms with Gasteiger partial charge in [0.2, 0.25) is 11.8 Å². The molecule has 4 aromatic rings. The normalized spacial score (nSPS) is 15.5. The third-order valence-electron chi connectivity index (χ3n) is 6.52. The molecule has 0 radical (unpaired) electrons. The number of benzene rings is 1. The molecule has 4 heterocycles. The first-order valence-corrected chi connectivity index (χ1v) is 11.8. The first-order valence-electron chi connectivity index (χ1n) is 11.8. The molecule has 0 saturated carbocycles. The Morgan fingerprint density at radius 2 is 2.00 bits per heavy atom. The molecule has 3 aromatic heterocycles. The van der Waals surface area contributed by atoms with Gasteiger partial charge in [-0.05, 0) is 61.7 Å². The van der Waals surface area contributed by atoms with E-state index in [1.165, 1.54) is 24.8 Å². The Hall–Kier alpha value is -3.26. The van der Waals surface area contributed by atoms with Crippen LogP contribution in [-0.2, 0) is 6.54 Å². The summed E-state index contributed by atoms with van der Waals surface area (Å²) in [6.45, 7) is 9.59. The number of rotatable bonds is 7. The number of piperidine rings is 1. The van der Waals surface area contributed by atoms with Gasteiger partial charge in [0.15, 0.2) is 5.82 Å². The number of nitrogens with zero attached hydrogens (tertiary/aromatic N) is 6. The summed E-state index contributed by atoms with van der Waals surface area (Å²) in [6, 6.07) is 10.1. The molecule has 8 nitrogen and oxygen atoms in total. The molecular formula is C25H31N7O. The molecule has 1 aliphatic rings. The van der Waals surface area contributed by atoms with Crippen molar-refractivity contribution in [1.82, 2.24) is 29.7 Å². The number of nitrogens with one attached hydrogen (secondary N) is 1. The first kappa shape index (κ1) is 21.6. The Kier molecular flexibility index (Phi) is 6.09. The average Bonchev–Trinajstić information content (AvgIpc) is 3.49. The zero-order chi connectivity index (χ0) is 22.8. The van der Waals surface area contributed by atoms with E-state index in [1.807, 2.05) is 48.8 Å². The number of hydrogen-bond donors (Lipinski definition) is 1. The van der Waals surface area contributed by atoms with E-state index in [0.717, 1.165) is 48.1 Å². The van der Waals surface area contributed by atoms with E-state index in [-0.39, 0.29) is 5.92 Å². The number of likely N-dealkylation sites (tertiary alicyclic amines) is 1. The van der Waals surface area contributed by atoms with Gasteiger partial charge in [-0.15, -0.1) is 10.2 Å². The van der Waals surface area contributed by atoms with Crippen molar-refractivity contribution in [3.05, 3.63) is 54.3 Å². The smallest absolute Gasteiger partial charge is 0.247 e. The van der Waals surface area contributed by atoms with Gasteiger partial charge in [-0.3, -0.25) is 4.90 Å². The maximum Gasteiger partial charge on any atom is 0.247 e. The molecule has 0 amide bonds. The molecule has 1 aliphatic heterocycles. The molecule has 0 bridgehead atoms. The standard InChI is InChI=1S/C25H31N7O/c1-4-18-8-11-31(12-9-18)15-20-10-13-32-22(20)23(26-16-27-32)28-21-7-5-6-19(14-21)25-30-29-24(33-25)17(2)3/h5-7,10,13-14,16-18H,4,8-9,11-12,15H2,1-3H3,(H,26,27,28). The molecule has 1 N–H and O–H groups in total. The van der Waals surface area contributed by atoms with E-state index >= 15 is 0 Å². The molecule has 1 aromatic carbocycles. The van der Waals surface area contributed by atoms with E-state index < -0.39 is 0 Å². The van der Waals surface area contributed by atoms with Crippen molar-refractivity contribution in [1.29, 1.82) is 0 Å². The molecule has 33 heavy (non-hydrogen) atoms. The van der Waals surface area contributed by atoms with Crippen molar-refractivity contribution >= 4 is 17.0 Å². The molecule has 1 saturated heterocycles. The summed E-state index contributed by atoms with van der Waals surface area (Å²) >= 11 is 0. The van der Waals surface area contributed by atoms with Gasteiger partial charge in [-0.1, -0.05) is 33.3 Å². The topological polar surface area (TPSA) is 84.4 Å². The summed E-state index contributed by atoms with van der Waals surface area (Å²) in [7, 11) is 0. The highest BCUT2D eigenvalue weighted by molar-refractivity contribution is 5.77. The number of aromatic nitrogens is 5. The van der Waals surface area contributed by atoms with Crippen molar-refractivity contribution in [2.45, 2.75) is 52.5 Å². The van der Waals surface area contributed by atoms with Crippen LogP contribution in [-0.4, -0.2) is 42.8 Å². The number of fused-ring (bicyclic) bond motifs is 1. The second kappa shape index (κ2) is 9.31. The molecule has 0 atom stereocenters. The van der Waals surface area contributed by atoms with Crippen LogP contribution in [0.5, 0.6) is 0 Å². The molecule has 172 valence electrons. The second-order valence-corrected chi connectivity index (χ2v) is 9.18. The quantitative estimate of drug-likeness (QED) is 0.415. The molecular weight excluding hydrogens is 414 g/mol. The van der Waals surface area contributed by atoms with E-state index in [2.05, 4.69) is 43.5 Å². The first-order chi connectivity index (χ1) is 16.1. The summed E-state index contributed by atoms with van der Waals surface area (Å²) < 4.78 is 7.73. The Morgan fingerprint density at radius 3 is 2.76 bits per heavy atom. The summed E-state index contributed by atoms with van der Waals surface area (Å²) in [5.41, 5.74) is 4.04. The van der Waals surface area contributed by atoms with Crippen LogP contribution in [0.25, 0.3) is 17.0 Å².